The Bertz CT molecular complexity index is 1200. The molecule has 0 aliphatic rings. The third kappa shape index (κ3) is 56.2. The van der Waals surface area contributed by atoms with Gasteiger partial charge in [0, 0.05) is 19.3 Å². The molecule has 0 saturated carbocycles. The van der Waals surface area contributed by atoms with Gasteiger partial charge in [0.05, 0.1) is 0 Å². The topological polar surface area (TPSA) is 78.9 Å². The fourth-order valence-corrected chi connectivity index (χ4v) is 8.74. The van der Waals surface area contributed by atoms with Crippen molar-refractivity contribution in [3.63, 3.8) is 0 Å². The third-order valence-electron chi connectivity index (χ3n) is 13.3. The largest absolute Gasteiger partial charge is 0.462 e. The van der Waals surface area contributed by atoms with E-state index >= 15 is 0 Å². The summed E-state index contributed by atoms with van der Waals surface area (Å²) < 4.78 is 16.9. The molecule has 0 rings (SSSR count). The minimum Gasteiger partial charge on any atom is -0.462 e. The Balaban J connectivity index is 4.26. The van der Waals surface area contributed by atoms with Crippen LogP contribution in [0.25, 0.3) is 0 Å². The van der Waals surface area contributed by atoms with Crippen molar-refractivity contribution in [1.82, 2.24) is 0 Å². The summed E-state index contributed by atoms with van der Waals surface area (Å²) in [5.74, 6) is -0.873. The summed E-state index contributed by atoms with van der Waals surface area (Å²) in [6.45, 7) is 6.64. The second kappa shape index (κ2) is 57.9. The molecule has 0 aliphatic carbocycles. The molecule has 0 fully saturated rings. The molecular weight excluding hydrogens is 853 g/mol. The Labute approximate surface area is 428 Å². The van der Waals surface area contributed by atoms with Crippen molar-refractivity contribution in [2.45, 2.75) is 322 Å². The second-order valence-corrected chi connectivity index (χ2v) is 20.3. The monoisotopic (exact) mass is 967 g/mol. The SMILES string of the molecule is CCCCCCC/C=C\C/C=C\C/C=C\CCCCCCCCCCCCC(=O)OCC(COC(=O)CCCCCCCCCCCCCC)OC(=O)CCCCCCC/C=C\CCCCCCC. The summed E-state index contributed by atoms with van der Waals surface area (Å²) in [6.07, 6.45) is 71.1. The Morgan fingerprint density at radius 2 is 0.522 bits per heavy atom. The van der Waals surface area contributed by atoms with Crippen LogP contribution in [-0.4, -0.2) is 37.2 Å². The Hall–Kier alpha value is -2.63. The number of unbranched alkanes of at least 4 members (excludes halogenated alkanes) is 36. The summed E-state index contributed by atoms with van der Waals surface area (Å²) in [7, 11) is 0. The van der Waals surface area contributed by atoms with E-state index < -0.39 is 6.10 Å². The van der Waals surface area contributed by atoms with Crippen LogP contribution in [0.15, 0.2) is 48.6 Å². The molecule has 6 nitrogen and oxygen atoms in total. The molecular formula is C63H114O6. The fraction of sp³-hybridized carbons (Fsp3) is 0.825. The van der Waals surface area contributed by atoms with E-state index in [2.05, 4.69) is 69.4 Å². The highest BCUT2D eigenvalue weighted by atomic mass is 16.6. The van der Waals surface area contributed by atoms with Crippen LogP contribution >= 0.6 is 0 Å². The number of rotatable bonds is 55. The molecule has 0 aliphatic heterocycles. The first-order chi connectivity index (χ1) is 34.0. The van der Waals surface area contributed by atoms with E-state index in [0.717, 1.165) is 77.0 Å². The van der Waals surface area contributed by atoms with Crippen LogP contribution in [0.5, 0.6) is 0 Å². The van der Waals surface area contributed by atoms with Gasteiger partial charge in [-0.25, -0.2) is 0 Å². The van der Waals surface area contributed by atoms with Gasteiger partial charge < -0.3 is 14.2 Å². The average molecular weight is 968 g/mol. The van der Waals surface area contributed by atoms with E-state index in [0.29, 0.717) is 19.3 Å². The molecule has 0 bridgehead atoms. The average Bonchev–Trinajstić information content (AvgIpc) is 3.35. The summed E-state index contributed by atoms with van der Waals surface area (Å²) in [6, 6.07) is 0. The highest BCUT2D eigenvalue weighted by Crippen LogP contribution is 2.16. The molecule has 0 saturated heterocycles. The van der Waals surface area contributed by atoms with E-state index in [-0.39, 0.29) is 31.1 Å². The molecule has 69 heavy (non-hydrogen) atoms. The molecule has 0 radical (unpaired) electrons. The van der Waals surface area contributed by atoms with Crippen LogP contribution in [0.4, 0.5) is 0 Å². The minimum absolute atomic E-state index is 0.0743. The molecule has 0 spiro atoms. The molecule has 1 unspecified atom stereocenters. The maximum Gasteiger partial charge on any atom is 0.306 e. The fourth-order valence-electron chi connectivity index (χ4n) is 8.74. The highest BCUT2D eigenvalue weighted by molar-refractivity contribution is 5.71. The van der Waals surface area contributed by atoms with Crippen LogP contribution in [-0.2, 0) is 28.6 Å². The number of allylic oxidation sites excluding steroid dienone is 8. The maximum absolute atomic E-state index is 12.8. The normalized spacial score (nSPS) is 12.3. The summed E-state index contributed by atoms with van der Waals surface area (Å²) >= 11 is 0. The molecule has 0 amide bonds. The molecule has 0 aromatic heterocycles. The maximum atomic E-state index is 12.8. The Kier molecular flexibility index (Phi) is 55.7. The van der Waals surface area contributed by atoms with Crippen molar-refractivity contribution in [1.29, 1.82) is 0 Å². The standard InChI is InChI=1S/C63H114O6/c1-4-7-10-13-16-19-22-25-27-28-29-30-31-32-33-34-35-36-37-39-41-44-47-50-53-56-62(65)68-59-60(58-67-61(64)55-52-49-46-43-40-24-21-18-15-12-9-6-3)69-63(66)57-54-51-48-45-42-38-26-23-20-17-14-11-8-5-2/h22-23,25-26,28-29,31-32,60H,4-21,24,27,30,33-59H2,1-3H3/b25-22-,26-23-,29-28-,32-31-. The number of ether oxygens (including phenoxy) is 3. The zero-order valence-corrected chi connectivity index (χ0v) is 46.1. The van der Waals surface area contributed by atoms with Crippen molar-refractivity contribution in [2.24, 2.45) is 0 Å². The smallest absolute Gasteiger partial charge is 0.306 e. The van der Waals surface area contributed by atoms with Gasteiger partial charge in [-0.05, 0) is 83.5 Å². The highest BCUT2D eigenvalue weighted by Gasteiger charge is 2.19. The molecule has 6 heteroatoms. The molecule has 0 aromatic carbocycles. The van der Waals surface area contributed by atoms with Crippen molar-refractivity contribution in [3.8, 4) is 0 Å². The predicted molar refractivity (Wildman–Crippen MR) is 298 cm³/mol. The lowest BCUT2D eigenvalue weighted by Crippen LogP contribution is -2.30. The Morgan fingerprint density at radius 3 is 0.826 bits per heavy atom. The van der Waals surface area contributed by atoms with Crippen molar-refractivity contribution >= 4 is 17.9 Å². The van der Waals surface area contributed by atoms with Crippen LogP contribution in [0.1, 0.15) is 316 Å². The first-order valence-corrected chi connectivity index (χ1v) is 30.1. The molecule has 0 N–H and O–H groups in total. The van der Waals surface area contributed by atoms with E-state index in [1.807, 2.05) is 0 Å². The zero-order valence-electron chi connectivity index (χ0n) is 46.1. The van der Waals surface area contributed by atoms with Crippen molar-refractivity contribution < 1.29 is 28.6 Å². The number of esters is 3. The van der Waals surface area contributed by atoms with Crippen LogP contribution < -0.4 is 0 Å². The van der Waals surface area contributed by atoms with E-state index in [4.69, 9.17) is 14.2 Å². The predicted octanol–water partition coefficient (Wildman–Crippen LogP) is 20.2. The van der Waals surface area contributed by atoms with Gasteiger partial charge in [-0.15, -0.1) is 0 Å². The number of hydrogen-bond acceptors (Lipinski definition) is 6. The minimum atomic E-state index is -0.776. The van der Waals surface area contributed by atoms with E-state index in [1.54, 1.807) is 0 Å². The van der Waals surface area contributed by atoms with Crippen LogP contribution in [0, 0.1) is 0 Å². The van der Waals surface area contributed by atoms with Gasteiger partial charge in [0.1, 0.15) is 13.2 Å². The van der Waals surface area contributed by atoms with Gasteiger partial charge in [0.2, 0.25) is 0 Å². The lowest BCUT2D eigenvalue weighted by atomic mass is 10.0. The van der Waals surface area contributed by atoms with Gasteiger partial charge in [0.15, 0.2) is 6.10 Å². The summed E-state index contributed by atoms with van der Waals surface area (Å²) in [4.78, 5) is 38.1. The van der Waals surface area contributed by atoms with Gasteiger partial charge in [0.25, 0.3) is 0 Å². The van der Waals surface area contributed by atoms with Gasteiger partial charge in [-0.1, -0.05) is 262 Å². The lowest BCUT2D eigenvalue weighted by Gasteiger charge is -2.18. The second-order valence-electron chi connectivity index (χ2n) is 20.3. The van der Waals surface area contributed by atoms with Crippen LogP contribution in [0.2, 0.25) is 0 Å². The van der Waals surface area contributed by atoms with E-state index in [9.17, 15) is 14.4 Å². The summed E-state index contributed by atoms with van der Waals surface area (Å²) in [5.41, 5.74) is 0. The number of carbonyl (C=O) groups is 3. The first-order valence-electron chi connectivity index (χ1n) is 30.1. The van der Waals surface area contributed by atoms with Gasteiger partial charge in [-0.3, -0.25) is 14.4 Å². The first kappa shape index (κ1) is 66.4. The lowest BCUT2D eigenvalue weighted by molar-refractivity contribution is -0.167. The number of carbonyl (C=O) groups excluding carboxylic acids is 3. The van der Waals surface area contributed by atoms with Gasteiger partial charge >= 0.3 is 17.9 Å². The number of hydrogen-bond donors (Lipinski definition) is 0. The molecule has 402 valence electrons. The molecule has 0 aromatic rings. The molecule has 0 heterocycles. The van der Waals surface area contributed by atoms with Crippen molar-refractivity contribution in [2.75, 3.05) is 13.2 Å². The van der Waals surface area contributed by atoms with Gasteiger partial charge in [-0.2, -0.15) is 0 Å². The zero-order chi connectivity index (χ0) is 50.0. The van der Waals surface area contributed by atoms with Crippen LogP contribution in [0.3, 0.4) is 0 Å². The quantitative estimate of drug-likeness (QED) is 0.0262. The summed E-state index contributed by atoms with van der Waals surface area (Å²) in [5, 5.41) is 0. The molecule has 1 atom stereocenters. The van der Waals surface area contributed by atoms with Crippen molar-refractivity contribution in [3.05, 3.63) is 48.6 Å². The van der Waals surface area contributed by atoms with E-state index in [1.165, 1.54) is 199 Å². The Morgan fingerprint density at radius 1 is 0.290 bits per heavy atom. The third-order valence-corrected chi connectivity index (χ3v) is 13.3.